The van der Waals surface area contributed by atoms with Crippen molar-refractivity contribution in [3.63, 3.8) is 0 Å². The van der Waals surface area contributed by atoms with Crippen LogP contribution in [0.15, 0.2) is 0 Å². The minimum absolute atomic E-state index is 0.133. The SMILES string of the molecule is CN[C@H](C)[C@H](O)C12CC3CC(CC(C3)C1)C2. The highest BCUT2D eigenvalue weighted by Crippen LogP contribution is 2.61. The zero-order valence-corrected chi connectivity index (χ0v) is 10.6. The lowest BCUT2D eigenvalue weighted by Crippen LogP contribution is -2.56. The van der Waals surface area contributed by atoms with Crippen LogP contribution >= 0.6 is 0 Å². The second-order valence-corrected chi connectivity index (χ2v) is 6.80. The summed E-state index contributed by atoms with van der Waals surface area (Å²) in [6, 6.07) is 0.247. The van der Waals surface area contributed by atoms with Crippen LogP contribution in [0, 0.1) is 23.2 Å². The van der Waals surface area contributed by atoms with Gasteiger partial charge in [-0.1, -0.05) is 0 Å². The number of nitrogens with one attached hydrogen (secondary N) is 1. The van der Waals surface area contributed by atoms with Gasteiger partial charge in [0, 0.05) is 6.04 Å². The standard InChI is InChI=1S/C14H25NO/c1-9(15-2)13(16)14-6-10-3-11(7-14)5-12(4-10)8-14/h9-13,15-16H,3-8H2,1-2H3/t9-,10?,11?,12?,13+,14?/m1/s1. The van der Waals surface area contributed by atoms with E-state index in [4.69, 9.17) is 0 Å². The number of aliphatic hydroxyl groups excluding tert-OH is 1. The highest BCUT2D eigenvalue weighted by molar-refractivity contribution is 5.05. The van der Waals surface area contributed by atoms with E-state index in [9.17, 15) is 5.11 Å². The van der Waals surface area contributed by atoms with E-state index in [1.807, 2.05) is 7.05 Å². The Hall–Kier alpha value is -0.0800. The van der Waals surface area contributed by atoms with Gasteiger partial charge in [-0.25, -0.2) is 0 Å². The molecule has 4 aliphatic rings. The Morgan fingerprint density at radius 1 is 1.06 bits per heavy atom. The van der Waals surface area contributed by atoms with Crippen molar-refractivity contribution in [2.24, 2.45) is 23.2 Å². The maximum atomic E-state index is 10.6. The predicted octanol–water partition coefficient (Wildman–Crippen LogP) is 2.17. The largest absolute Gasteiger partial charge is 0.391 e. The molecule has 4 bridgehead atoms. The van der Waals surface area contributed by atoms with Gasteiger partial charge in [-0.2, -0.15) is 0 Å². The summed E-state index contributed by atoms with van der Waals surface area (Å²) in [6.07, 6.45) is 8.13. The highest BCUT2D eigenvalue weighted by atomic mass is 16.3. The molecule has 0 unspecified atom stereocenters. The summed E-state index contributed by atoms with van der Waals surface area (Å²) in [5, 5.41) is 13.9. The fourth-order valence-electron chi connectivity index (χ4n) is 5.23. The summed E-state index contributed by atoms with van der Waals surface area (Å²) in [7, 11) is 1.97. The third-order valence-corrected chi connectivity index (χ3v) is 5.64. The van der Waals surface area contributed by atoms with Crippen LogP contribution in [0.25, 0.3) is 0 Å². The van der Waals surface area contributed by atoms with Crippen molar-refractivity contribution >= 4 is 0 Å². The molecule has 0 heterocycles. The van der Waals surface area contributed by atoms with Crippen molar-refractivity contribution < 1.29 is 5.11 Å². The molecule has 2 nitrogen and oxygen atoms in total. The first kappa shape index (κ1) is 11.0. The second-order valence-electron chi connectivity index (χ2n) is 6.80. The maximum absolute atomic E-state index is 10.6. The number of rotatable bonds is 3. The lowest BCUT2D eigenvalue weighted by atomic mass is 9.47. The van der Waals surface area contributed by atoms with Crippen LogP contribution in [-0.4, -0.2) is 24.3 Å². The van der Waals surface area contributed by atoms with Crippen molar-refractivity contribution in [1.82, 2.24) is 5.32 Å². The van der Waals surface area contributed by atoms with Gasteiger partial charge in [0.25, 0.3) is 0 Å². The van der Waals surface area contributed by atoms with Gasteiger partial charge < -0.3 is 10.4 Å². The van der Waals surface area contributed by atoms with Crippen molar-refractivity contribution in [1.29, 1.82) is 0 Å². The molecule has 0 aromatic heterocycles. The molecule has 2 heteroatoms. The molecule has 2 N–H and O–H groups in total. The van der Waals surface area contributed by atoms with E-state index < -0.39 is 0 Å². The molecule has 92 valence electrons. The predicted molar refractivity (Wildman–Crippen MR) is 65.1 cm³/mol. The number of likely N-dealkylation sites (N-methyl/N-ethyl adjacent to an activating group) is 1. The highest BCUT2D eigenvalue weighted by Gasteiger charge is 2.54. The van der Waals surface area contributed by atoms with E-state index in [0.29, 0.717) is 0 Å². The molecule has 0 aliphatic heterocycles. The van der Waals surface area contributed by atoms with Crippen LogP contribution in [0.2, 0.25) is 0 Å². The van der Waals surface area contributed by atoms with Crippen LogP contribution in [0.3, 0.4) is 0 Å². The Morgan fingerprint density at radius 2 is 1.50 bits per heavy atom. The van der Waals surface area contributed by atoms with Gasteiger partial charge in [0.05, 0.1) is 6.10 Å². The molecular weight excluding hydrogens is 198 g/mol. The first-order valence-corrected chi connectivity index (χ1v) is 6.98. The van der Waals surface area contributed by atoms with Crippen LogP contribution in [0.5, 0.6) is 0 Å². The normalized spacial score (nSPS) is 49.3. The third-order valence-electron chi connectivity index (χ3n) is 5.64. The monoisotopic (exact) mass is 223 g/mol. The van der Waals surface area contributed by atoms with E-state index in [1.165, 1.54) is 38.5 Å². The Bertz CT molecular complexity index is 241. The molecule has 4 rings (SSSR count). The van der Waals surface area contributed by atoms with Crippen molar-refractivity contribution in [3.05, 3.63) is 0 Å². The number of hydrogen-bond donors (Lipinski definition) is 2. The van der Waals surface area contributed by atoms with Crippen LogP contribution in [-0.2, 0) is 0 Å². The smallest absolute Gasteiger partial charge is 0.0746 e. The summed E-state index contributed by atoms with van der Waals surface area (Å²) >= 11 is 0. The zero-order valence-electron chi connectivity index (χ0n) is 10.6. The molecule has 0 spiro atoms. The molecule has 4 fully saturated rings. The summed E-state index contributed by atoms with van der Waals surface area (Å²) < 4.78 is 0. The Morgan fingerprint density at radius 3 is 1.88 bits per heavy atom. The third kappa shape index (κ3) is 1.53. The Balaban J connectivity index is 1.82. The maximum Gasteiger partial charge on any atom is 0.0746 e. The Kier molecular flexibility index (Phi) is 2.56. The van der Waals surface area contributed by atoms with Crippen LogP contribution in [0.1, 0.15) is 45.4 Å². The van der Waals surface area contributed by atoms with Crippen molar-refractivity contribution in [3.8, 4) is 0 Å². The average molecular weight is 223 g/mol. The van der Waals surface area contributed by atoms with Crippen molar-refractivity contribution in [2.75, 3.05) is 7.05 Å². The molecular formula is C14H25NO. The van der Waals surface area contributed by atoms with E-state index in [1.54, 1.807) is 0 Å². The van der Waals surface area contributed by atoms with Gasteiger partial charge >= 0.3 is 0 Å². The fraction of sp³-hybridized carbons (Fsp3) is 1.00. The molecule has 4 aliphatic carbocycles. The summed E-state index contributed by atoms with van der Waals surface area (Å²) in [6.45, 7) is 2.13. The molecule has 0 amide bonds. The molecule has 0 aromatic carbocycles. The minimum atomic E-state index is -0.133. The number of hydrogen-bond acceptors (Lipinski definition) is 2. The fourth-order valence-corrected chi connectivity index (χ4v) is 5.23. The van der Waals surface area contributed by atoms with Gasteiger partial charge in [0.15, 0.2) is 0 Å². The first-order chi connectivity index (χ1) is 7.63. The molecule has 0 aromatic rings. The van der Waals surface area contributed by atoms with E-state index >= 15 is 0 Å². The average Bonchev–Trinajstić information content (AvgIpc) is 2.25. The van der Waals surface area contributed by atoms with E-state index in [-0.39, 0.29) is 17.6 Å². The Labute approximate surface area is 98.8 Å². The summed E-state index contributed by atoms with van der Waals surface area (Å²) in [5.41, 5.74) is 0.275. The second kappa shape index (κ2) is 3.71. The van der Waals surface area contributed by atoms with Gasteiger partial charge in [-0.15, -0.1) is 0 Å². The van der Waals surface area contributed by atoms with E-state index in [0.717, 1.165) is 17.8 Å². The van der Waals surface area contributed by atoms with Gasteiger partial charge in [-0.05, 0) is 75.7 Å². The topological polar surface area (TPSA) is 32.3 Å². The van der Waals surface area contributed by atoms with Gasteiger partial charge in [0.2, 0.25) is 0 Å². The lowest BCUT2D eigenvalue weighted by molar-refractivity contribution is -0.127. The first-order valence-electron chi connectivity index (χ1n) is 6.98. The molecule has 16 heavy (non-hydrogen) atoms. The summed E-state index contributed by atoms with van der Waals surface area (Å²) in [4.78, 5) is 0. The zero-order chi connectivity index (χ0) is 11.3. The minimum Gasteiger partial charge on any atom is -0.391 e. The number of aliphatic hydroxyl groups is 1. The quantitative estimate of drug-likeness (QED) is 0.768. The van der Waals surface area contributed by atoms with Crippen molar-refractivity contribution in [2.45, 2.75) is 57.6 Å². The van der Waals surface area contributed by atoms with Crippen LogP contribution in [0.4, 0.5) is 0 Å². The molecule has 0 radical (unpaired) electrons. The van der Waals surface area contributed by atoms with Gasteiger partial charge in [0.1, 0.15) is 0 Å². The molecule has 4 saturated carbocycles. The molecule has 0 saturated heterocycles. The van der Waals surface area contributed by atoms with E-state index in [2.05, 4.69) is 12.2 Å². The van der Waals surface area contributed by atoms with Gasteiger partial charge in [-0.3, -0.25) is 0 Å². The summed E-state index contributed by atoms with van der Waals surface area (Å²) in [5.74, 6) is 2.81. The van der Waals surface area contributed by atoms with Crippen LogP contribution < -0.4 is 5.32 Å². The lowest BCUT2D eigenvalue weighted by Gasteiger charge is -2.59. The molecule has 2 atom stereocenters.